The predicted molar refractivity (Wildman–Crippen MR) is 83.0 cm³/mol. The maximum atomic E-state index is 13.8. The number of halogens is 5. The van der Waals surface area contributed by atoms with E-state index in [1.807, 2.05) is 0 Å². The molecule has 1 fully saturated rings. The molecule has 1 aliphatic heterocycles. The number of nitrogens with zero attached hydrogens (tertiary/aromatic N) is 2. The Kier molecular flexibility index (Phi) is 5.83. The van der Waals surface area contributed by atoms with Gasteiger partial charge < -0.3 is 10.0 Å². The summed E-state index contributed by atoms with van der Waals surface area (Å²) in [6, 6.07) is 1.96. The topological polar surface area (TPSA) is 77.9 Å². The normalized spacial score (nSPS) is 19.0. The molecule has 2 rings (SSSR count). The van der Waals surface area contributed by atoms with Crippen LogP contribution >= 0.6 is 0 Å². The van der Waals surface area contributed by atoms with Gasteiger partial charge in [0.05, 0.1) is 6.42 Å². The molecule has 0 unspecified atom stereocenters. The molecular weight excluding hydrogens is 399 g/mol. The van der Waals surface area contributed by atoms with Gasteiger partial charge in [-0.25, -0.2) is 17.2 Å². The maximum absolute atomic E-state index is 13.8. The van der Waals surface area contributed by atoms with Crippen LogP contribution in [0.1, 0.15) is 13.3 Å². The first-order valence-corrected chi connectivity index (χ1v) is 9.22. The van der Waals surface area contributed by atoms with Crippen LogP contribution < -0.4 is 0 Å². The van der Waals surface area contributed by atoms with E-state index in [1.54, 1.807) is 0 Å². The van der Waals surface area contributed by atoms with Crippen molar-refractivity contribution in [1.82, 2.24) is 9.21 Å². The van der Waals surface area contributed by atoms with E-state index in [0.717, 1.165) is 15.3 Å². The number of carbonyl (C=O) groups excluding carboxylic acids is 1. The van der Waals surface area contributed by atoms with E-state index >= 15 is 0 Å². The first-order chi connectivity index (χ1) is 12.3. The van der Waals surface area contributed by atoms with E-state index in [-0.39, 0.29) is 26.2 Å². The highest BCUT2D eigenvalue weighted by Gasteiger charge is 2.51. The number of rotatable bonds is 4. The van der Waals surface area contributed by atoms with E-state index in [4.69, 9.17) is 0 Å². The van der Waals surface area contributed by atoms with Crippen LogP contribution in [0.25, 0.3) is 0 Å². The molecule has 0 radical (unpaired) electrons. The molecule has 152 valence electrons. The fraction of sp³-hybridized carbons (Fsp3) is 0.533. The SMILES string of the molecule is C[C@@](O)(CC(=O)N1CCN(S(=O)(=O)c2cc(F)ccc2F)CC1)C(F)(F)F. The van der Waals surface area contributed by atoms with Gasteiger partial charge in [0.15, 0.2) is 5.60 Å². The number of aliphatic hydroxyl groups is 1. The standard InChI is InChI=1S/C15H17F5N2O4S/c1-14(24,15(18,19)20)9-13(23)21-4-6-22(7-5-21)27(25,26)12-8-10(16)2-3-11(12)17/h2-3,8,24H,4-7,9H2,1H3/t14-/m1/s1. The van der Waals surface area contributed by atoms with Crippen molar-refractivity contribution in [2.75, 3.05) is 26.2 Å². The summed E-state index contributed by atoms with van der Waals surface area (Å²) in [6.07, 6.45) is -6.20. The first-order valence-electron chi connectivity index (χ1n) is 7.78. The number of alkyl halides is 3. The van der Waals surface area contributed by atoms with Crippen LogP contribution in [0.15, 0.2) is 23.1 Å². The van der Waals surface area contributed by atoms with Crippen LogP contribution in [0.3, 0.4) is 0 Å². The molecule has 0 bridgehead atoms. The van der Waals surface area contributed by atoms with Crippen LogP contribution in [0.4, 0.5) is 22.0 Å². The molecule has 1 heterocycles. The molecule has 0 aliphatic carbocycles. The Labute approximate surface area is 152 Å². The smallest absolute Gasteiger partial charge is 0.380 e. The average Bonchev–Trinajstić information content (AvgIpc) is 2.55. The molecule has 0 spiro atoms. The number of carbonyl (C=O) groups is 1. The van der Waals surface area contributed by atoms with Gasteiger partial charge in [-0.2, -0.15) is 17.5 Å². The number of hydrogen-bond acceptors (Lipinski definition) is 4. The molecule has 6 nitrogen and oxygen atoms in total. The van der Waals surface area contributed by atoms with Crippen LogP contribution in [0, 0.1) is 11.6 Å². The van der Waals surface area contributed by atoms with Crippen molar-refractivity contribution in [2.24, 2.45) is 0 Å². The van der Waals surface area contributed by atoms with Gasteiger partial charge in [0.2, 0.25) is 15.9 Å². The lowest BCUT2D eigenvalue weighted by atomic mass is 10.0. The van der Waals surface area contributed by atoms with E-state index in [9.17, 15) is 40.3 Å². The Bertz CT molecular complexity index is 818. The highest BCUT2D eigenvalue weighted by Crippen LogP contribution is 2.33. The monoisotopic (exact) mass is 416 g/mol. The quantitative estimate of drug-likeness (QED) is 0.755. The summed E-state index contributed by atoms with van der Waals surface area (Å²) in [4.78, 5) is 12.1. The lowest BCUT2D eigenvalue weighted by molar-refractivity contribution is -0.254. The molecule has 0 aromatic heterocycles. The summed E-state index contributed by atoms with van der Waals surface area (Å²) in [6.45, 7) is -0.638. The van der Waals surface area contributed by atoms with Crippen LogP contribution in [0.5, 0.6) is 0 Å². The molecule has 1 aliphatic rings. The second kappa shape index (κ2) is 7.32. The average molecular weight is 416 g/mol. The molecule has 27 heavy (non-hydrogen) atoms. The summed E-state index contributed by atoms with van der Waals surface area (Å²) in [5, 5.41) is 9.38. The van der Waals surface area contributed by atoms with Gasteiger partial charge in [0.25, 0.3) is 0 Å². The van der Waals surface area contributed by atoms with Crippen LogP contribution in [-0.4, -0.2) is 66.6 Å². The van der Waals surface area contributed by atoms with Crippen molar-refractivity contribution >= 4 is 15.9 Å². The van der Waals surface area contributed by atoms with E-state index in [2.05, 4.69) is 0 Å². The summed E-state index contributed by atoms with van der Waals surface area (Å²) in [5.41, 5.74) is -3.21. The van der Waals surface area contributed by atoms with Gasteiger partial charge >= 0.3 is 6.18 Å². The summed E-state index contributed by atoms with van der Waals surface area (Å²) in [7, 11) is -4.37. The molecule has 1 saturated heterocycles. The van der Waals surface area contributed by atoms with Crippen molar-refractivity contribution in [3.05, 3.63) is 29.8 Å². The minimum absolute atomic E-state index is 0.247. The predicted octanol–water partition coefficient (Wildman–Crippen LogP) is 1.50. The summed E-state index contributed by atoms with van der Waals surface area (Å²) < 4.78 is 90.7. The molecule has 1 aromatic carbocycles. The Morgan fingerprint density at radius 3 is 2.22 bits per heavy atom. The second-order valence-corrected chi connectivity index (χ2v) is 8.21. The Hall–Kier alpha value is -1.79. The number of piperazine rings is 1. The van der Waals surface area contributed by atoms with Gasteiger partial charge in [-0.1, -0.05) is 0 Å². The van der Waals surface area contributed by atoms with Gasteiger partial charge in [-0.15, -0.1) is 0 Å². The minimum Gasteiger partial charge on any atom is -0.380 e. The maximum Gasteiger partial charge on any atom is 0.417 e. The first kappa shape index (κ1) is 21.5. The molecule has 1 aromatic rings. The number of hydrogen-bond donors (Lipinski definition) is 1. The Morgan fingerprint density at radius 2 is 1.70 bits per heavy atom. The zero-order valence-corrected chi connectivity index (χ0v) is 14.9. The zero-order valence-electron chi connectivity index (χ0n) is 14.1. The van der Waals surface area contributed by atoms with E-state index in [1.165, 1.54) is 0 Å². The third-order valence-electron chi connectivity index (χ3n) is 4.21. The molecule has 0 saturated carbocycles. The fourth-order valence-corrected chi connectivity index (χ4v) is 4.00. The van der Waals surface area contributed by atoms with E-state index < -0.39 is 50.7 Å². The lowest BCUT2D eigenvalue weighted by Gasteiger charge is -2.35. The third-order valence-corrected chi connectivity index (χ3v) is 6.12. The molecule has 1 atom stereocenters. The van der Waals surface area contributed by atoms with E-state index in [0.29, 0.717) is 19.1 Å². The van der Waals surface area contributed by atoms with Gasteiger partial charge in [0, 0.05) is 26.2 Å². The Morgan fingerprint density at radius 1 is 1.15 bits per heavy atom. The number of sulfonamides is 1. The van der Waals surface area contributed by atoms with Crippen molar-refractivity contribution in [2.45, 2.75) is 30.0 Å². The lowest BCUT2D eigenvalue weighted by Crippen LogP contribution is -2.53. The molecule has 1 amide bonds. The molecule has 1 N–H and O–H groups in total. The Balaban J connectivity index is 2.07. The van der Waals surface area contributed by atoms with Crippen molar-refractivity contribution < 1.29 is 40.3 Å². The minimum atomic E-state index is -5.00. The molecular formula is C15H17F5N2O4S. The number of benzene rings is 1. The second-order valence-electron chi connectivity index (χ2n) is 6.31. The summed E-state index contributed by atoms with van der Waals surface area (Å²) in [5.74, 6) is -3.08. The van der Waals surface area contributed by atoms with Crippen molar-refractivity contribution in [1.29, 1.82) is 0 Å². The van der Waals surface area contributed by atoms with Gasteiger partial charge in [-0.3, -0.25) is 4.79 Å². The summed E-state index contributed by atoms with van der Waals surface area (Å²) >= 11 is 0. The van der Waals surface area contributed by atoms with Crippen LogP contribution in [0.2, 0.25) is 0 Å². The van der Waals surface area contributed by atoms with Gasteiger partial charge in [-0.05, 0) is 25.1 Å². The largest absolute Gasteiger partial charge is 0.417 e. The third kappa shape index (κ3) is 4.55. The molecule has 12 heteroatoms. The van der Waals surface area contributed by atoms with Crippen molar-refractivity contribution in [3.8, 4) is 0 Å². The van der Waals surface area contributed by atoms with Crippen molar-refractivity contribution in [3.63, 3.8) is 0 Å². The number of amides is 1. The fourth-order valence-electron chi connectivity index (χ4n) is 2.50. The highest BCUT2D eigenvalue weighted by atomic mass is 32.2. The van der Waals surface area contributed by atoms with Gasteiger partial charge in [0.1, 0.15) is 16.5 Å². The zero-order chi connectivity index (χ0) is 20.6. The highest BCUT2D eigenvalue weighted by molar-refractivity contribution is 7.89. The van der Waals surface area contributed by atoms with Crippen LogP contribution in [-0.2, 0) is 14.8 Å².